The Hall–Kier alpha value is -2.77. The average Bonchev–Trinajstić information content (AvgIpc) is 3.03. The molecule has 3 heterocycles. The van der Waals surface area contributed by atoms with E-state index >= 15 is 0 Å². The van der Waals surface area contributed by atoms with Crippen molar-refractivity contribution in [2.75, 3.05) is 6.54 Å². The van der Waals surface area contributed by atoms with Gasteiger partial charge in [-0.1, -0.05) is 5.21 Å². The second-order valence-corrected chi connectivity index (χ2v) is 5.12. The minimum atomic E-state index is -0.175. The molecule has 2 aromatic heterocycles. The topological polar surface area (TPSA) is 102 Å². The van der Waals surface area contributed by atoms with Gasteiger partial charge in [0.1, 0.15) is 5.69 Å². The van der Waals surface area contributed by atoms with Gasteiger partial charge in [0, 0.05) is 19.2 Å². The molecule has 0 spiro atoms. The van der Waals surface area contributed by atoms with Crippen LogP contribution in [0.2, 0.25) is 0 Å². The number of hydrogen-bond acceptors (Lipinski definition) is 5. The highest BCUT2D eigenvalue weighted by atomic mass is 16.2. The van der Waals surface area contributed by atoms with Gasteiger partial charge in [0.2, 0.25) is 11.8 Å². The van der Waals surface area contributed by atoms with Crippen molar-refractivity contribution in [3.63, 3.8) is 0 Å². The van der Waals surface area contributed by atoms with Crippen molar-refractivity contribution < 1.29 is 9.59 Å². The van der Waals surface area contributed by atoms with Crippen LogP contribution in [0.4, 0.5) is 0 Å². The lowest BCUT2D eigenvalue weighted by atomic mass is 9.98. The molecule has 0 aromatic carbocycles. The fourth-order valence-electron chi connectivity index (χ4n) is 2.27. The molecular formula is C14H16N6O2. The molecule has 22 heavy (non-hydrogen) atoms. The van der Waals surface area contributed by atoms with Crippen LogP contribution in [0.15, 0.2) is 30.7 Å². The quantitative estimate of drug-likeness (QED) is 0.814. The van der Waals surface area contributed by atoms with Gasteiger partial charge < -0.3 is 10.6 Å². The van der Waals surface area contributed by atoms with E-state index in [2.05, 4.69) is 25.9 Å². The van der Waals surface area contributed by atoms with Gasteiger partial charge in [-0.15, -0.1) is 5.10 Å². The number of nitrogens with zero attached hydrogens (tertiary/aromatic N) is 4. The maximum Gasteiger partial charge on any atom is 0.225 e. The molecule has 0 radical (unpaired) electrons. The molecule has 1 aliphatic rings. The monoisotopic (exact) mass is 300 g/mol. The van der Waals surface area contributed by atoms with Gasteiger partial charge in [-0.25, -0.2) is 4.68 Å². The summed E-state index contributed by atoms with van der Waals surface area (Å²) in [4.78, 5) is 27.1. The summed E-state index contributed by atoms with van der Waals surface area (Å²) in [6, 6.07) is 3.69. The Morgan fingerprint density at radius 3 is 3.14 bits per heavy atom. The van der Waals surface area contributed by atoms with Crippen LogP contribution in [-0.2, 0) is 16.1 Å². The minimum Gasteiger partial charge on any atom is -0.355 e. The van der Waals surface area contributed by atoms with Crippen LogP contribution in [0.1, 0.15) is 18.5 Å². The van der Waals surface area contributed by atoms with E-state index in [9.17, 15) is 9.59 Å². The molecule has 0 aliphatic carbocycles. The molecule has 2 amide bonds. The summed E-state index contributed by atoms with van der Waals surface area (Å²) in [6.45, 7) is 0.705. The Bertz CT molecular complexity index is 659. The third kappa shape index (κ3) is 3.27. The van der Waals surface area contributed by atoms with Gasteiger partial charge in [0.05, 0.1) is 30.5 Å². The van der Waals surface area contributed by atoms with Gasteiger partial charge in [0.25, 0.3) is 0 Å². The summed E-state index contributed by atoms with van der Waals surface area (Å²) in [5.74, 6) is -0.245. The minimum absolute atomic E-state index is 0.00321. The third-order valence-corrected chi connectivity index (χ3v) is 3.53. The van der Waals surface area contributed by atoms with Crippen molar-refractivity contribution in [2.24, 2.45) is 5.92 Å². The Morgan fingerprint density at radius 2 is 2.41 bits per heavy atom. The maximum atomic E-state index is 12.0. The number of hydrogen-bond donors (Lipinski definition) is 2. The summed E-state index contributed by atoms with van der Waals surface area (Å²) in [7, 11) is 0. The predicted molar refractivity (Wildman–Crippen MR) is 76.7 cm³/mol. The van der Waals surface area contributed by atoms with Gasteiger partial charge in [-0.2, -0.15) is 0 Å². The molecule has 114 valence electrons. The molecule has 2 N–H and O–H groups in total. The molecule has 0 saturated carbocycles. The van der Waals surface area contributed by atoms with Crippen LogP contribution < -0.4 is 10.6 Å². The van der Waals surface area contributed by atoms with Gasteiger partial charge in [0.15, 0.2) is 0 Å². The molecule has 1 aliphatic heterocycles. The van der Waals surface area contributed by atoms with Crippen molar-refractivity contribution >= 4 is 11.8 Å². The van der Waals surface area contributed by atoms with E-state index in [1.807, 2.05) is 12.1 Å². The molecule has 0 bridgehead atoms. The Labute approximate surface area is 126 Å². The zero-order chi connectivity index (χ0) is 15.4. The first-order valence-electron chi connectivity index (χ1n) is 7.08. The highest BCUT2D eigenvalue weighted by Crippen LogP contribution is 2.11. The van der Waals surface area contributed by atoms with Crippen LogP contribution >= 0.6 is 0 Å². The molecule has 8 heteroatoms. The number of piperidine rings is 1. The zero-order valence-electron chi connectivity index (χ0n) is 11.9. The lowest BCUT2D eigenvalue weighted by molar-refractivity contribution is -0.129. The largest absolute Gasteiger partial charge is 0.355 e. The van der Waals surface area contributed by atoms with Crippen LogP contribution in [-0.4, -0.2) is 38.3 Å². The van der Waals surface area contributed by atoms with Gasteiger partial charge in [-0.05, 0) is 18.6 Å². The standard InChI is InChI=1S/C14H16N6O2/c21-13-4-3-10(6-16-13)14(22)17-7-11-9-20(19-18-11)12-2-1-5-15-8-12/h1-2,5,8-10H,3-4,6-7H2,(H,16,21)(H,17,22). The van der Waals surface area contributed by atoms with E-state index in [0.29, 0.717) is 31.6 Å². The number of amides is 2. The highest BCUT2D eigenvalue weighted by Gasteiger charge is 2.24. The number of carbonyl (C=O) groups excluding carboxylic acids is 2. The predicted octanol–water partition coefficient (Wildman–Crippen LogP) is -0.195. The fraction of sp³-hybridized carbons (Fsp3) is 0.357. The summed E-state index contributed by atoms with van der Waals surface area (Å²) in [5.41, 5.74) is 1.47. The molecular weight excluding hydrogens is 284 g/mol. The van der Waals surface area contributed by atoms with Crippen LogP contribution in [0.25, 0.3) is 5.69 Å². The molecule has 1 atom stereocenters. The number of rotatable bonds is 4. The maximum absolute atomic E-state index is 12.0. The van der Waals surface area contributed by atoms with E-state index in [0.717, 1.165) is 5.69 Å². The molecule has 1 fully saturated rings. The van der Waals surface area contributed by atoms with E-state index < -0.39 is 0 Å². The molecule has 2 aromatic rings. The van der Waals surface area contributed by atoms with Crippen molar-refractivity contribution in [1.82, 2.24) is 30.6 Å². The Balaban J connectivity index is 1.55. The summed E-state index contributed by atoms with van der Waals surface area (Å²) < 4.78 is 1.61. The van der Waals surface area contributed by atoms with Crippen LogP contribution in [0, 0.1) is 5.92 Å². The number of carbonyl (C=O) groups is 2. The van der Waals surface area contributed by atoms with Gasteiger partial charge in [-0.3, -0.25) is 14.6 Å². The molecule has 8 nitrogen and oxygen atoms in total. The first kappa shape index (κ1) is 14.2. The molecule has 1 unspecified atom stereocenters. The van der Waals surface area contributed by atoms with E-state index in [4.69, 9.17) is 0 Å². The first-order chi connectivity index (χ1) is 10.7. The SMILES string of the molecule is O=C1CCC(C(=O)NCc2cn(-c3cccnc3)nn2)CN1. The summed E-state index contributed by atoms with van der Waals surface area (Å²) in [6.07, 6.45) is 6.10. The molecule has 1 saturated heterocycles. The Kier molecular flexibility index (Phi) is 4.08. The van der Waals surface area contributed by atoms with E-state index in [1.54, 1.807) is 23.3 Å². The molecule has 3 rings (SSSR count). The van der Waals surface area contributed by atoms with Crippen LogP contribution in [0.5, 0.6) is 0 Å². The number of aromatic nitrogens is 4. The second kappa shape index (κ2) is 6.33. The summed E-state index contributed by atoms with van der Waals surface area (Å²) >= 11 is 0. The third-order valence-electron chi connectivity index (χ3n) is 3.53. The van der Waals surface area contributed by atoms with Crippen molar-refractivity contribution in [2.45, 2.75) is 19.4 Å². The van der Waals surface area contributed by atoms with E-state index in [1.165, 1.54) is 0 Å². The highest BCUT2D eigenvalue weighted by molar-refractivity contribution is 5.83. The number of pyridine rings is 1. The second-order valence-electron chi connectivity index (χ2n) is 5.12. The first-order valence-corrected chi connectivity index (χ1v) is 7.08. The van der Waals surface area contributed by atoms with E-state index in [-0.39, 0.29) is 17.7 Å². The normalized spacial score (nSPS) is 17.8. The van der Waals surface area contributed by atoms with Gasteiger partial charge >= 0.3 is 0 Å². The summed E-state index contributed by atoms with van der Waals surface area (Å²) in [5, 5.41) is 13.6. The lowest BCUT2D eigenvalue weighted by Gasteiger charge is -2.21. The van der Waals surface area contributed by atoms with Crippen molar-refractivity contribution in [3.05, 3.63) is 36.4 Å². The zero-order valence-corrected chi connectivity index (χ0v) is 11.9. The Morgan fingerprint density at radius 1 is 1.50 bits per heavy atom. The average molecular weight is 300 g/mol. The smallest absolute Gasteiger partial charge is 0.225 e. The van der Waals surface area contributed by atoms with Crippen molar-refractivity contribution in [1.29, 1.82) is 0 Å². The van der Waals surface area contributed by atoms with Crippen molar-refractivity contribution in [3.8, 4) is 5.69 Å². The van der Waals surface area contributed by atoms with Crippen LogP contribution in [0.3, 0.4) is 0 Å². The fourth-order valence-corrected chi connectivity index (χ4v) is 2.27. The number of nitrogens with one attached hydrogen (secondary N) is 2. The lowest BCUT2D eigenvalue weighted by Crippen LogP contribution is -2.42.